The van der Waals surface area contributed by atoms with Crippen molar-refractivity contribution in [3.63, 3.8) is 0 Å². The summed E-state index contributed by atoms with van der Waals surface area (Å²) in [6.07, 6.45) is 1.14. The van der Waals surface area contributed by atoms with E-state index in [-0.39, 0.29) is 5.82 Å². The standard InChI is InChI=1S/C13H20FNS/c1-4-10(2)9-16-13-11(8-15-3)6-5-7-12(13)14/h5-7,10,15H,4,8-9H2,1-3H3. The molecule has 1 aromatic carbocycles. The highest BCUT2D eigenvalue weighted by Crippen LogP contribution is 2.28. The van der Waals surface area contributed by atoms with Crippen LogP contribution in [0.15, 0.2) is 23.1 Å². The number of halogens is 1. The van der Waals surface area contributed by atoms with E-state index in [0.29, 0.717) is 5.92 Å². The van der Waals surface area contributed by atoms with Gasteiger partial charge in [-0.15, -0.1) is 11.8 Å². The van der Waals surface area contributed by atoms with Crippen LogP contribution in [-0.2, 0) is 6.54 Å². The molecule has 0 saturated heterocycles. The first-order valence-corrected chi connectivity index (χ1v) is 6.72. The second-order valence-electron chi connectivity index (χ2n) is 4.08. The molecule has 0 aromatic heterocycles. The molecule has 0 amide bonds. The molecule has 0 aliphatic carbocycles. The Balaban J connectivity index is 2.75. The molecule has 0 radical (unpaired) electrons. The van der Waals surface area contributed by atoms with Gasteiger partial charge in [0.05, 0.1) is 0 Å². The number of hydrogen-bond acceptors (Lipinski definition) is 2. The van der Waals surface area contributed by atoms with E-state index in [1.54, 1.807) is 17.8 Å². The van der Waals surface area contributed by atoms with Crippen LogP contribution >= 0.6 is 11.8 Å². The fraction of sp³-hybridized carbons (Fsp3) is 0.538. The molecule has 0 saturated carbocycles. The lowest BCUT2D eigenvalue weighted by atomic mass is 10.2. The zero-order valence-electron chi connectivity index (χ0n) is 10.2. The van der Waals surface area contributed by atoms with Crippen molar-refractivity contribution in [2.75, 3.05) is 12.8 Å². The van der Waals surface area contributed by atoms with Gasteiger partial charge in [0, 0.05) is 17.2 Å². The first-order valence-electron chi connectivity index (χ1n) is 5.73. The second-order valence-corrected chi connectivity index (χ2v) is 5.11. The Morgan fingerprint density at radius 2 is 2.19 bits per heavy atom. The Kier molecular flexibility index (Phi) is 5.85. The van der Waals surface area contributed by atoms with Crippen molar-refractivity contribution >= 4 is 11.8 Å². The van der Waals surface area contributed by atoms with Gasteiger partial charge in [-0.1, -0.05) is 32.4 Å². The quantitative estimate of drug-likeness (QED) is 0.762. The Labute approximate surface area is 102 Å². The predicted molar refractivity (Wildman–Crippen MR) is 69.3 cm³/mol. The highest BCUT2D eigenvalue weighted by Gasteiger charge is 2.09. The van der Waals surface area contributed by atoms with Crippen molar-refractivity contribution in [1.82, 2.24) is 5.32 Å². The molecule has 1 atom stereocenters. The molecule has 16 heavy (non-hydrogen) atoms. The van der Waals surface area contributed by atoms with Gasteiger partial charge in [-0.05, 0) is 24.6 Å². The van der Waals surface area contributed by atoms with Gasteiger partial charge in [-0.2, -0.15) is 0 Å². The molecule has 0 heterocycles. The number of hydrogen-bond donors (Lipinski definition) is 1. The molecule has 0 aliphatic heterocycles. The van der Waals surface area contributed by atoms with Crippen LogP contribution in [0.5, 0.6) is 0 Å². The molecule has 90 valence electrons. The Bertz CT molecular complexity index is 328. The minimum Gasteiger partial charge on any atom is -0.316 e. The van der Waals surface area contributed by atoms with E-state index in [1.165, 1.54) is 6.07 Å². The Morgan fingerprint density at radius 3 is 2.81 bits per heavy atom. The summed E-state index contributed by atoms with van der Waals surface area (Å²) in [7, 11) is 1.88. The maximum absolute atomic E-state index is 13.7. The van der Waals surface area contributed by atoms with E-state index in [9.17, 15) is 4.39 Å². The average Bonchev–Trinajstić information content (AvgIpc) is 2.28. The lowest BCUT2D eigenvalue weighted by Gasteiger charge is -2.12. The van der Waals surface area contributed by atoms with E-state index in [4.69, 9.17) is 0 Å². The van der Waals surface area contributed by atoms with E-state index in [1.807, 2.05) is 13.1 Å². The van der Waals surface area contributed by atoms with E-state index in [2.05, 4.69) is 19.2 Å². The molecular weight excluding hydrogens is 221 g/mol. The lowest BCUT2D eigenvalue weighted by molar-refractivity contribution is 0.592. The fourth-order valence-corrected chi connectivity index (χ4v) is 2.61. The van der Waals surface area contributed by atoms with Crippen LogP contribution in [0.1, 0.15) is 25.8 Å². The molecule has 0 fully saturated rings. The van der Waals surface area contributed by atoms with Crippen molar-refractivity contribution in [3.05, 3.63) is 29.6 Å². The molecule has 1 rings (SSSR count). The van der Waals surface area contributed by atoms with Gasteiger partial charge in [0.25, 0.3) is 0 Å². The van der Waals surface area contributed by atoms with Crippen LogP contribution in [-0.4, -0.2) is 12.8 Å². The summed E-state index contributed by atoms with van der Waals surface area (Å²) < 4.78 is 13.7. The normalized spacial score (nSPS) is 12.8. The van der Waals surface area contributed by atoms with Gasteiger partial charge in [0.15, 0.2) is 0 Å². The van der Waals surface area contributed by atoms with Gasteiger partial charge in [0.1, 0.15) is 5.82 Å². The molecule has 1 aromatic rings. The molecule has 1 unspecified atom stereocenters. The summed E-state index contributed by atoms with van der Waals surface area (Å²) in [6, 6.07) is 5.30. The van der Waals surface area contributed by atoms with E-state index >= 15 is 0 Å². The van der Waals surface area contributed by atoms with Gasteiger partial charge < -0.3 is 5.32 Å². The van der Waals surface area contributed by atoms with Crippen LogP contribution in [0.2, 0.25) is 0 Å². The van der Waals surface area contributed by atoms with E-state index < -0.39 is 0 Å². The topological polar surface area (TPSA) is 12.0 Å². The molecule has 0 bridgehead atoms. The molecular formula is C13H20FNS. The molecule has 1 N–H and O–H groups in total. The SMILES string of the molecule is CCC(C)CSc1c(F)cccc1CNC. The summed E-state index contributed by atoms with van der Waals surface area (Å²) >= 11 is 1.63. The first kappa shape index (κ1) is 13.5. The average molecular weight is 241 g/mol. The van der Waals surface area contributed by atoms with Crippen LogP contribution < -0.4 is 5.32 Å². The third-order valence-corrected chi connectivity index (χ3v) is 4.11. The number of nitrogens with one attached hydrogen (secondary N) is 1. The highest BCUT2D eigenvalue weighted by molar-refractivity contribution is 7.99. The third kappa shape index (κ3) is 3.80. The van der Waals surface area contributed by atoms with Crippen molar-refractivity contribution in [3.8, 4) is 0 Å². The smallest absolute Gasteiger partial charge is 0.137 e. The van der Waals surface area contributed by atoms with Gasteiger partial charge in [-0.3, -0.25) is 0 Å². The zero-order valence-corrected chi connectivity index (χ0v) is 11.0. The van der Waals surface area contributed by atoms with Crippen LogP contribution in [0, 0.1) is 11.7 Å². The van der Waals surface area contributed by atoms with Crippen LogP contribution in [0.25, 0.3) is 0 Å². The summed E-state index contributed by atoms with van der Waals surface area (Å²) in [5.41, 5.74) is 1.05. The maximum Gasteiger partial charge on any atom is 0.137 e. The van der Waals surface area contributed by atoms with Gasteiger partial charge in [0.2, 0.25) is 0 Å². The minimum absolute atomic E-state index is 0.0962. The van der Waals surface area contributed by atoms with Gasteiger partial charge in [-0.25, -0.2) is 4.39 Å². The van der Waals surface area contributed by atoms with Crippen molar-refractivity contribution in [1.29, 1.82) is 0 Å². The molecule has 0 spiro atoms. The first-order chi connectivity index (χ1) is 7.69. The second kappa shape index (κ2) is 6.92. The fourth-order valence-electron chi connectivity index (χ4n) is 1.39. The van der Waals surface area contributed by atoms with Crippen molar-refractivity contribution in [2.24, 2.45) is 5.92 Å². The number of benzene rings is 1. The monoisotopic (exact) mass is 241 g/mol. The largest absolute Gasteiger partial charge is 0.316 e. The summed E-state index contributed by atoms with van der Waals surface area (Å²) in [5.74, 6) is 1.52. The maximum atomic E-state index is 13.7. The predicted octanol–water partition coefficient (Wildman–Crippen LogP) is 3.68. The number of thioether (sulfide) groups is 1. The third-order valence-electron chi connectivity index (χ3n) is 2.62. The number of rotatable bonds is 6. The highest BCUT2D eigenvalue weighted by atomic mass is 32.2. The summed E-state index contributed by atoms with van der Waals surface area (Å²) in [4.78, 5) is 0.803. The van der Waals surface area contributed by atoms with Crippen LogP contribution in [0.3, 0.4) is 0 Å². The molecule has 3 heteroatoms. The lowest BCUT2D eigenvalue weighted by Crippen LogP contribution is -2.07. The van der Waals surface area contributed by atoms with Crippen LogP contribution in [0.4, 0.5) is 4.39 Å². The zero-order chi connectivity index (χ0) is 12.0. The molecule has 0 aliphatic rings. The molecule has 1 nitrogen and oxygen atoms in total. The minimum atomic E-state index is -0.0962. The van der Waals surface area contributed by atoms with Crippen molar-refractivity contribution < 1.29 is 4.39 Å². The Morgan fingerprint density at radius 1 is 1.44 bits per heavy atom. The van der Waals surface area contributed by atoms with Crippen molar-refractivity contribution in [2.45, 2.75) is 31.7 Å². The van der Waals surface area contributed by atoms with Gasteiger partial charge >= 0.3 is 0 Å². The Hall–Kier alpha value is -0.540. The van der Waals surface area contributed by atoms with E-state index in [0.717, 1.165) is 29.2 Å². The summed E-state index contributed by atoms with van der Waals surface area (Å²) in [5, 5.41) is 3.07. The summed E-state index contributed by atoms with van der Waals surface area (Å²) in [6.45, 7) is 5.09.